The molecule has 3 rings (SSSR count). The van der Waals surface area contributed by atoms with Crippen molar-refractivity contribution in [3.8, 4) is 11.5 Å². The van der Waals surface area contributed by atoms with Crippen molar-refractivity contribution in [2.75, 3.05) is 0 Å². The van der Waals surface area contributed by atoms with E-state index in [9.17, 15) is 4.79 Å². The zero-order valence-electron chi connectivity index (χ0n) is 17.1. The molecule has 1 aliphatic heterocycles. The number of fused-ring (bicyclic) bond motifs is 1. The van der Waals surface area contributed by atoms with Gasteiger partial charge in [0.2, 0.25) is 0 Å². The Morgan fingerprint density at radius 3 is 2.56 bits per heavy atom. The lowest BCUT2D eigenvalue weighted by molar-refractivity contribution is -0.107. The van der Waals surface area contributed by atoms with Crippen LogP contribution in [-0.2, 0) is 24.2 Å². The molecule has 27 heavy (non-hydrogen) atoms. The smallest absolute Gasteiger partial charge is 0.127 e. The summed E-state index contributed by atoms with van der Waals surface area (Å²) in [5, 5.41) is 0. The Morgan fingerprint density at radius 1 is 1.22 bits per heavy atom. The summed E-state index contributed by atoms with van der Waals surface area (Å²) >= 11 is 0. The third-order valence-electron chi connectivity index (χ3n) is 5.21. The number of ether oxygens (including phenoxy) is 2. The molecule has 144 valence electrons. The molecule has 0 amide bonds. The Balaban J connectivity index is 2.09. The second-order valence-electron chi connectivity index (χ2n) is 8.33. The zero-order chi connectivity index (χ0) is 19.6. The van der Waals surface area contributed by atoms with E-state index in [4.69, 9.17) is 9.47 Å². The van der Waals surface area contributed by atoms with Crippen LogP contribution in [0.3, 0.4) is 0 Å². The van der Waals surface area contributed by atoms with Gasteiger partial charge >= 0.3 is 0 Å². The highest BCUT2D eigenvalue weighted by molar-refractivity contribution is 5.63. The van der Waals surface area contributed by atoms with E-state index in [1.807, 2.05) is 18.2 Å². The first kappa shape index (κ1) is 19.5. The fourth-order valence-electron chi connectivity index (χ4n) is 4.00. The maximum atomic E-state index is 11.1. The molecule has 3 heteroatoms. The van der Waals surface area contributed by atoms with Crippen LogP contribution in [0.1, 0.15) is 67.9 Å². The number of rotatable bonds is 7. The van der Waals surface area contributed by atoms with Crippen molar-refractivity contribution in [3.63, 3.8) is 0 Å². The quantitative estimate of drug-likeness (QED) is 0.603. The molecule has 0 atom stereocenters. The van der Waals surface area contributed by atoms with E-state index in [0.717, 1.165) is 35.3 Å². The van der Waals surface area contributed by atoms with Crippen LogP contribution >= 0.6 is 0 Å². The predicted molar refractivity (Wildman–Crippen MR) is 109 cm³/mol. The first-order chi connectivity index (χ1) is 12.8. The van der Waals surface area contributed by atoms with Gasteiger partial charge in [-0.15, -0.1) is 0 Å². The Bertz CT molecular complexity index is 820. The third-order valence-corrected chi connectivity index (χ3v) is 5.21. The van der Waals surface area contributed by atoms with Gasteiger partial charge in [-0.3, -0.25) is 0 Å². The number of benzene rings is 2. The molecular formula is C24H30O3. The molecule has 0 fully saturated rings. The van der Waals surface area contributed by atoms with E-state index < -0.39 is 0 Å². The van der Waals surface area contributed by atoms with E-state index in [0.29, 0.717) is 19.4 Å². The number of carbonyl (C=O) groups excluding carboxylic acids is 1. The van der Waals surface area contributed by atoms with Crippen LogP contribution < -0.4 is 9.47 Å². The fourth-order valence-corrected chi connectivity index (χ4v) is 4.00. The van der Waals surface area contributed by atoms with Crippen LogP contribution in [-0.4, -0.2) is 11.9 Å². The van der Waals surface area contributed by atoms with Gasteiger partial charge in [0.25, 0.3) is 0 Å². The summed E-state index contributed by atoms with van der Waals surface area (Å²) < 4.78 is 12.7. The van der Waals surface area contributed by atoms with Crippen LogP contribution in [0.2, 0.25) is 0 Å². The van der Waals surface area contributed by atoms with Crippen molar-refractivity contribution < 1.29 is 14.3 Å². The van der Waals surface area contributed by atoms with E-state index in [1.54, 1.807) is 0 Å². The summed E-state index contributed by atoms with van der Waals surface area (Å²) in [7, 11) is 0. The van der Waals surface area contributed by atoms with Gasteiger partial charge in [0.05, 0.1) is 0 Å². The normalized spacial score (nSPS) is 14.7. The molecule has 0 radical (unpaired) electrons. The topological polar surface area (TPSA) is 35.5 Å². The summed E-state index contributed by atoms with van der Waals surface area (Å²) in [4.78, 5) is 11.1. The number of hydrogen-bond donors (Lipinski definition) is 0. The van der Waals surface area contributed by atoms with Crippen LogP contribution in [0.5, 0.6) is 11.5 Å². The molecule has 3 nitrogen and oxygen atoms in total. The number of aldehydes is 1. The molecule has 0 saturated heterocycles. The average Bonchev–Trinajstić information content (AvgIpc) is 2.96. The standard InChI is InChI=1S/C24H30O3/c1-16(2)21-19(12-9-13-25)23-20(14-24(4,5)27-23)17(3)22(21)26-15-18-10-7-6-8-11-18/h6-8,10-11,13,16H,9,12,14-15H2,1-5H3. The number of carbonyl (C=O) groups is 1. The van der Waals surface area contributed by atoms with Crippen molar-refractivity contribution >= 4 is 6.29 Å². The Morgan fingerprint density at radius 2 is 1.93 bits per heavy atom. The van der Waals surface area contributed by atoms with Crippen LogP contribution in [0, 0.1) is 6.92 Å². The molecule has 0 N–H and O–H groups in total. The van der Waals surface area contributed by atoms with E-state index in [2.05, 4.69) is 46.8 Å². The first-order valence-corrected chi connectivity index (χ1v) is 9.81. The fraction of sp³-hybridized carbons (Fsp3) is 0.458. The maximum Gasteiger partial charge on any atom is 0.127 e. The Labute approximate surface area is 162 Å². The van der Waals surface area contributed by atoms with E-state index in [1.165, 1.54) is 16.7 Å². The highest BCUT2D eigenvalue weighted by atomic mass is 16.5. The van der Waals surface area contributed by atoms with Gasteiger partial charge in [0, 0.05) is 29.5 Å². The summed E-state index contributed by atoms with van der Waals surface area (Å²) in [6.45, 7) is 11.3. The van der Waals surface area contributed by atoms with Crippen molar-refractivity contribution in [1.29, 1.82) is 0 Å². The Hall–Kier alpha value is -2.29. The van der Waals surface area contributed by atoms with Gasteiger partial charge in [0.1, 0.15) is 30.0 Å². The van der Waals surface area contributed by atoms with Crippen LogP contribution in [0.15, 0.2) is 30.3 Å². The lowest BCUT2D eigenvalue weighted by Crippen LogP contribution is -2.25. The monoisotopic (exact) mass is 366 g/mol. The molecule has 0 saturated carbocycles. The summed E-state index contributed by atoms with van der Waals surface area (Å²) in [6.07, 6.45) is 3.04. The molecule has 0 bridgehead atoms. The minimum absolute atomic E-state index is 0.227. The SMILES string of the molecule is Cc1c2c(c(CCC=O)c(C(C)C)c1OCc1ccccc1)OC(C)(C)C2. The van der Waals surface area contributed by atoms with Crippen molar-refractivity contribution in [1.82, 2.24) is 0 Å². The third kappa shape index (κ3) is 4.02. The minimum atomic E-state index is -0.227. The predicted octanol–water partition coefficient (Wildman–Crippen LogP) is 5.54. The van der Waals surface area contributed by atoms with E-state index in [-0.39, 0.29) is 11.5 Å². The highest BCUT2D eigenvalue weighted by Crippen LogP contribution is 2.48. The molecule has 0 aromatic heterocycles. The van der Waals surface area contributed by atoms with Gasteiger partial charge in [-0.1, -0.05) is 44.2 Å². The largest absolute Gasteiger partial charge is 0.488 e. The molecular weight excluding hydrogens is 336 g/mol. The molecule has 0 aliphatic carbocycles. The molecule has 0 spiro atoms. The van der Waals surface area contributed by atoms with Gasteiger partial charge in [-0.2, -0.15) is 0 Å². The highest BCUT2D eigenvalue weighted by Gasteiger charge is 2.36. The van der Waals surface area contributed by atoms with Crippen molar-refractivity contribution in [2.24, 2.45) is 0 Å². The van der Waals surface area contributed by atoms with Gasteiger partial charge in [-0.25, -0.2) is 0 Å². The molecule has 2 aromatic rings. The van der Waals surface area contributed by atoms with Crippen LogP contribution in [0.25, 0.3) is 0 Å². The van der Waals surface area contributed by atoms with E-state index >= 15 is 0 Å². The lowest BCUT2D eigenvalue weighted by atomic mass is 9.86. The first-order valence-electron chi connectivity index (χ1n) is 9.81. The maximum absolute atomic E-state index is 11.1. The Kier molecular flexibility index (Phi) is 5.59. The second-order valence-corrected chi connectivity index (χ2v) is 8.33. The zero-order valence-corrected chi connectivity index (χ0v) is 17.1. The van der Waals surface area contributed by atoms with Gasteiger partial charge in [-0.05, 0) is 44.2 Å². The van der Waals surface area contributed by atoms with Crippen molar-refractivity contribution in [3.05, 3.63) is 58.1 Å². The summed E-state index contributed by atoms with van der Waals surface area (Å²) in [5.74, 6) is 2.23. The molecule has 0 unspecified atom stereocenters. The molecule has 1 aliphatic rings. The average molecular weight is 367 g/mol. The van der Waals surface area contributed by atoms with Gasteiger partial charge < -0.3 is 14.3 Å². The number of hydrogen-bond acceptors (Lipinski definition) is 3. The molecule has 1 heterocycles. The van der Waals surface area contributed by atoms with Crippen molar-refractivity contribution in [2.45, 2.75) is 72.0 Å². The molecule has 2 aromatic carbocycles. The summed E-state index contributed by atoms with van der Waals surface area (Å²) in [5.41, 5.74) is 5.65. The van der Waals surface area contributed by atoms with Gasteiger partial charge in [0.15, 0.2) is 0 Å². The summed E-state index contributed by atoms with van der Waals surface area (Å²) in [6, 6.07) is 10.2. The lowest BCUT2D eigenvalue weighted by Gasteiger charge is -2.24. The van der Waals surface area contributed by atoms with Crippen LogP contribution in [0.4, 0.5) is 0 Å². The minimum Gasteiger partial charge on any atom is -0.488 e. The second kappa shape index (κ2) is 7.75.